The molecule has 0 spiro atoms. The number of fused-ring (bicyclic) bond motifs is 2. The van der Waals surface area contributed by atoms with E-state index < -0.39 is 0 Å². The van der Waals surface area contributed by atoms with Crippen LogP contribution in [0.1, 0.15) is 11.5 Å². The van der Waals surface area contributed by atoms with E-state index in [1.165, 1.54) is 0 Å². The molecule has 5 heteroatoms. The lowest BCUT2D eigenvalue weighted by atomic mass is 10.1. The number of nitrogens with one attached hydrogen (secondary N) is 1. The van der Waals surface area contributed by atoms with E-state index in [1.54, 1.807) is 7.11 Å². The van der Waals surface area contributed by atoms with E-state index in [0.29, 0.717) is 6.42 Å². The molecular formula is C23H18N4O. The largest absolute Gasteiger partial charge is 0.496 e. The van der Waals surface area contributed by atoms with Crippen LogP contribution >= 0.6 is 0 Å². The highest BCUT2D eigenvalue weighted by Gasteiger charge is 2.16. The first-order valence-corrected chi connectivity index (χ1v) is 9.14. The Labute approximate surface area is 162 Å². The Morgan fingerprint density at radius 2 is 1.43 bits per heavy atom. The molecule has 0 saturated carbocycles. The first-order valence-electron chi connectivity index (χ1n) is 9.14. The van der Waals surface area contributed by atoms with E-state index in [4.69, 9.17) is 19.7 Å². The average molecular weight is 366 g/mol. The summed E-state index contributed by atoms with van der Waals surface area (Å²) in [5.41, 5.74) is 6.30. The Hall–Kier alpha value is -3.73. The average Bonchev–Trinajstić information content (AvgIpc) is 3.15. The van der Waals surface area contributed by atoms with E-state index in [1.807, 2.05) is 72.8 Å². The summed E-state index contributed by atoms with van der Waals surface area (Å²) in [6.45, 7) is 0. The van der Waals surface area contributed by atoms with Gasteiger partial charge in [-0.15, -0.1) is 0 Å². The molecule has 0 saturated heterocycles. The second kappa shape index (κ2) is 6.78. The van der Waals surface area contributed by atoms with Gasteiger partial charge in [0.1, 0.15) is 11.6 Å². The van der Waals surface area contributed by atoms with Gasteiger partial charge in [-0.3, -0.25) is 0 Å². The number of para-hydroxylation sites is 5. The molecular weight excluding hydrogens is 348 g/mol. The van der Waals surface area contributed by atoms with E-state index in [-0.39, 0.29) is 0 Å². The lowest BCUT2D eigenvalue weighted by Crippen LogP contribution is -2.02. The van der Waals surface area contributed by atoms with Gasteiger partial charge in [-0.1, -0.05) is 36.4 Å². The molecule has 0 fully saturated rings. The first kappa shape index (κ1) is 16.4. The minimum absolute atomic E-state index is 0.555. The van der Waals surface area contributed by atoms with E-state index >= 15 is 0 Å². The summed E-state index contributed by atoms with van der Waals surface area (Å²) in [6.07, 6.45) is 0.555. The SMILES string of the molecule is COc1ccccc1-c1nc2ccccc2nc1Cc1nc2ccccc2[nH]1. The molecule has 0 radical (unpaired) electrons. The predicted molar refractivity (Wildman–Crippen MR) is 110 cm³/mol. The van der Waals surface area contributed by atoms with Crippen molar-refractivity contribution < 1.29 is 4.74 Å². The van der Waals surface area contributed by atoms with Gasteiger partial charge in [-0.05, 0) is 36.4 Å². The van der Waals surface area contributed by atoms with Crippen molar-refractivity contribution in [2.75, 3.05) is 7.11 Å². The second-order valence-corrected chi connectivity index (χ2v) is 6.59. The quantitative estimate of drug-likeness (QED) is 0.497. The molecule has 2 aromatic heterocycles. The Morgan fingerprint density at radius 3 is 2.21 bits per heavy atom. The molecule has 1 N–H and O–H groups in total. The first-order chi connectivity index (χ1) is 13.8. The number of ether oxygens (including phenoxy) is 1. The maximum absolute atomic E-state index is 5.57. The summed E-state index contributed by atoms with van der Waals surface area (Å²) in [4.78, 5) is 17.9. The van der Waals surface area contributed by atoms with Crippen molar-refractivity contribution in [3.8, 4) is 17.0 Å². The van der Waals surface area contributed by atoms with Crippen LogP contribution in [0.25, 0.3) is 33.3 Å². The van der Waals surface area contributed by atoms with Gasteiger partial charge >= 0.3 is 0 Å². The van der Waals surface area contributed by atoms with Crippen LogP contribution in [0.4, 0.5) is 0 Å². The van der Waals surface area contributed by atoms with Gasteiger partial charge in [-0.25, -0.2) is 15.0 Å². The Morgan fingerprint density at radius 1 is 0.750 bits per heavy atom. The molecule has 0 amide bonds. The molecule has 0 bridgehead atoms. The number of imidazole rings is 1. The third-order valence-electron chi connectivity index (χ3n) is 4.78. The molecule has 28 heavy (non-hydrogen) atoms. The smallest absolute Gasteiger partial charge is 0.128 e. The van der Waals surface area contributed by atoms with Crippen LogP contribution in [0.3, 0.4) is 0 Å². The van der Waals surface area contributed by atoms with Gasteiger partial charge < -0.3 is 9.72 Å². The van der Waals surface area contributed by atoms with Crippen LogP contribution in [0, 0.1) is 0 Å². The van der Waals surface area contributed by atoms with Crippen LogP contribution in [0.2, 0.25) is 0 Å². The van der Waals surface area contributed by atoms with Crippen molar-refractivity contribution in [2.45, 2.75) is 6.42 Å². The number of aromatic nitrogens is 4. The van der Waals surface area contributed by atoms with Gasteiger partial charge in [0, 0.05) is 5.56 Å². The number of hydrogen-bond donors (Lipinski definition) is 1. The number of methoxy groups -OCH3 is 1. The van der Waals surface area contributed by atoms with Crippen LogP contribution in [0.5, 0.6) is 5.75 Å². The maximum atomic E-state index is 5.57. The maximum Gasteiger partial charge on any atom is 0.128 e. The number of aromatic amines is 1. The zero-order valence-corrected chi connectivity index (χ0v) is 15.4. The number of hydrogen-bond acceptors (Lipinski definition) is 4. The second-order valence-electron chi connectivity index (χ2n) is 6.59. The fourth-order valence-corrected chi connectivity index (χ4v) is 3.46. The van der Waals surface area contributed by atoms with Gasteiger partial charge in [0.2, 0.25) is 0 Å². The Kier molecular flexibility index (Phi) is 3.98. The van der Waals surface area contributed by atoms with Gasteiger partial charge in [-0.2, -0.15) is 0 Å². The van der Waals surface area contributed by atoms with Crippen LogP contribution in [0.15, 0.2) is 72.8 Å². The highest BCUT2D eigenvalue weighted by Crippen LogP contribution is 2.32. The normalized spacial score (nSPS) is 11.2. The summed E-state index contributed by atoms with van der Waals surface area (Å²) in [6, 6.07) is 23.8. The van der Waals surface area contributed by atoms with Crippen LogP contribution < -0.4 is 4.74 Å². The molecule has 136 valence electrons. The minimum Gasteiger partial charge on any atom is -0.496 e. The van der Waals surface area contributed by atoms with E-state index in [0.717, 1.165) is 50.6 Å². The molecule has 5 aromatic rings. The molecule has 5 rings (SSSR count). The summed E-state index contributed by atoms with van der Waals surface area (Å²) < 4.78 is 5.57. The number of rotatable bonds is 4. The van der Waals surface area contributed by atoms with Gasteiger partial charge in [0.05, 0.1) is 47.0 Å². The van der Waals surface area contributed by atoms with E-state index in [9.17, 15) is 0 Å². The van der Waals surface area contributed by atoms with Crippen molar-refractivity contribution in [1.82, 2.24) is 19.9 Å². The fourth-order valence-electron chi connectivity index (χ4n) is 3.46. The zero-order valence-electron chi connectivity index (χ0n) is 15.4. The molecule has 0 aliphatic carbocycles. The Balaban J connectivity index is 1.69. The minimum atomic E-state index is 0.555. The molecule has 2 heterocycles. The van der Waals surface area contributed by atoms with Crippen molar-refractivity contribution in [1.29, 1.82) is 0 Å². The van der Waals surface area contributed by atoms with Crippen molar-refractivity contribution in [3.63, 3.8) is 0 Å². The molecule has 0 unspecified atom stereocenters. The molecule has 0 atom stereocenters. The number of H-pyrrole nitrogens is 1. The van der Waals surface area contributed by atoms with Crippen molar-refractivity contribution >= 4 is 22.1 Å². The van der Waals surface area contributed by atoms with E-state index in [2.05, 4.69) is 4.98 Å². The molecule has 0 aliphatic heterocycles. The zero-order chi connectivity index (χ0) is 18.9. The Bertz CT molecular complexity index is 1260. The summed E-state index contributed by atoms with van der Waals surface area (Å²) in [5.74, 6) is 1.64. The monoisotopic (exact) mass is 366 g/mol. The van der Waals surface area contributed by atoms with Crippen molar-refractivity contribution in [3.05, 3.63) is 84.3 Å². The lowest BCUT2D eigenvalue weighted by molar-refractivity contribution is 0.416. The summed E-state index contributed by atoms with van der Waals surface area (Å²) >= 11 is 0. The summed E-state index contributed by atoms with van der Waals surface area (Å²) in [7, 11) is 1.67. The number of nitrogens with zero attached hydrogens (tertiary/aromatic N) is 3. The molecule has 5 nitrogen and oxygen atoms in total. The van der Waals surface area contributed by atoms with Crippen molar-refractivity contribution in [2.24, 2.45) is 0 Å². The van der Waals surface area contributed by atoms with Gasteiger partial charge in [0.25, 0.3) is 0 Å². The summed E-state index contributed by atoms with van der Waals surface area (Å²) in [5, 5.41) is 0. The fraction of sp³-hybridized carbons (Fsp3) is 0.0870. The van der Waals surface area contributed by atoms with Gasteiger partial charge in [0.15, 0.2) is 0 Å². The highest BCUT2D eigenvalue weighted by molar-refractivity contribution is 5.80. The highest BCUT2D eigenvalue weighted by atomic mass is 16.5. The lowest BCUT2D eigenvalue weighted by Gasteiger charge is -2.12. The predicted octanol–water partition coefficient (Wildman–Crippen LogP) is 4.77. The molecule has 3 aromatic carbocycles. The number of benzene rings is 3. The third-order valence-corrected chi connectivity index (χ3v) is 4.78. The molecule has 0 aliphatic rings. The standard InChI is InChI=1S/C23H18N4O/c1-28-21-13-7-2-8-15(21)23-20(24-16-9-3-6-12-19(16)27-23)14-22-25-17-10-4-5-11-18(17)26-22/h2-13H,14H2,1H3,(H,25,26). The topological polar surface area (TPSA) is 63.7 Å². The van der Waals surface area contributed by atoms with Crippen LogP contribution in [-0.2, 0) is 6.42 Å². The van der Waals surface area contributed by atoms with Crippen LogP contribution in [-0.4, -0.2) is 27.0 Å². The third kappa shape index (κ3) is 2.87.